The molecule has 0 radical (unpaired) electrons. The minimum Gasteiger partial charge on any atom is -0.444 e. The summed E-state index contributed by atoms with van der Waals surface area (Å²) in [6.07, 6.45) is -0.592. The molecule has 2 atom stereocenters. The molecule has 1 amide bonds. The zero-order chi connectivity index (χ0) is 27.4. The van der Waals surface area contributed by atoms with Crippen LogP contribution in [0.25, 0.3) is 0 Å². The minimum atomic E-state index is -2.74. The maximum atomic E-state index is 12.8. The molecule has 202 valence electrons. The quantitative estimate of drug-likeness (QED) is 0.260. The number of hydrogen-bond acceptors (Lipinski definition) is 4. The molecule has 4 rings (SSSR count). The van der Waals surface area contributed by atoms with Crippen molar-refractivity contribution < 1.29 is 18.7 Å². The molecule has 1 aliphatic rings. The molecule has 6 heteroatoms. The van der Waals surface area contributed by atoms with Crippen molar-refractivity contribution in [2.75, 3.05) is 13.2 Å². The van der Waals surface area contributed by atoms with Crippen molar-refractivity contribution in [3.8, 4) is 0 Å². The molecule has 0 aliphatic carbocycles. The normalized spacial score (nSPS) is 16.7. The zero-order valence-corrected chi connectivity index (χ0v) is 24.5. The van der Waals surface area contributed by atoms with Crippen LogP contribution in [0, 0.1) is 0 Å². The van der Waals surface area contributed by atoms with Gasteiger partial charge in [-0.3, -0.25) is 4.90 Å². The lowest BCUT2D eigenvalue weighted by Gasteiger charge is -2.43. The number of rotatable bonds is 9. The van der Waals surface area contributed by atoms with Crippen molar-refractivity contribution in [3.63, 3.8) is 0 Å². The molecule has 0 aromatic heterocycles. The second-order valence-electron chi connectivity index (χ2n) is 12.0. The van der Waals surface area contributed by atoms with E-state index < -0.39 is 13.9 Å². The molecule has 0 bridgehead atoms. The molecule has 0 saturated carbocycles. The van der Waals surface area contributed by atoms with Gasteiger partial charge in [0.05, 0.1) is 19.3 Å². The molecule has 5 nitrogen and oxygen atoms in total. The van der Waals surface area contributed by atoms with Crippen molar-refractivity contribution in [2.45, 2.75) is 70.9 Å². The Morgan fingerprint density at radius 3 is 1.82 bits per heavy atom. The van der Waals surface area contributed by atoms with Gasteiger partial charge in [0.2, 0.25) is 0 Å². The van der Waals surface area contributed by atoms with E-state index in [1.54, 1.807) is 4.90 Å². The summed E-state index contributed by atoms with van der Waals surface area (Å²) >= 11 is 0. The first-order chi connectivity index (χ1) is 18.0. The zero-order valence-electron chi connectivity index (χ0n) is 23.5. The fourth-order valence-electron chi connectivity index (χ4n) is 5.02. The van der Waals surface area contributed by atoms with Crippen molar-refractivity contribution >= 4 is 24.8 Å². The lowest BCUT2D eigenvalue weighted by atomic mass is 10.2. The molecule has 1 saturated heterocycles. The summed E-state index contributed by atoms with van der Waals surface area (Å²) in [5.74, 6) is 0. The first-order valence-electron chi connectivity index (χ1n) is 13.4. The molecule has 1 heterocycles. The summed E-state index contributed by atoms with van der Waals surface area (Å²) in [7, 11) is -2.74. The minimum absolute atomic E-state index is 0.0909. The smallest absolute Gasteiger partial charge is 0.410 e. The summed E-state index contributed by atoms with van der Waals surface area (Å²) < 4.78 is 19.3. The van der Waals surface area contributed by atoms with Crippen molar-refractivity contribution in [3.05, 3.63) is 96.6 Å². The molecule has 3 aromatic rings. The van der Waals surface area contributed by atoms with Gasteiger partial charge >= 0.3 is 6.09 Å². The Labute approximate surface area is 228 Å². The van der Waals surface area contributed by atoms with Crippen LogP contribution >= 0.6 is 0 Å². The van der Waals surface area contributed by atoms with E-state index in [1.807, 2.05) is 51.1 Å². The van der Waals surface area contributed by atoms with E-state index in [0.717, 1.165) is 5.56 Å². The fraction of sp³-hybridized carbons (Fsp3) is 0.406. The molecule has 38 heavy (non-hydrogen) atoms. The first kappa shape index (κ1) is 28.1. The average Bonchev–Trinajstić information content (AvgIpc) is 3.67. The second kappa shape index (κ2) is 11.4. The van der Waals surface area contributed by atoms with Crippen LogP contribution in [0.15, 0.2) is 91.0 Å². The third-order valence-electron chi connectivity index (χ3n) is 6.90. The second-order valence-corrected chi connectivity index (χ2v) is 16.3. The molecule has 0 spiro atoms. The highest BCUT2D eigenvalue weighted by Crippen LogP contribution is 2.37. The Hall–Kier alpha value is -2.93. The van der Waals surface area contributed by atoms with E-state index in [-0.39, 0.29) is 23.3 Å². The van der Waals surface area contributed by atoms with E-state index in [1.165, 1.54) is 10.4 Å². The highest BCUT2D eigenvalue weighted by Gasteiger charge is 2.52. The van der Waals surface area contributed by atoms with Crippen LogP contribution in [0.5, 0.6) is 0 Å². The lowest BCUT2D eigenvalue weighted by Crippen LogP contribution is -2.67. The molecule has 0 N–H and O–H groups in total. The highest BCUT2D eigenvalue weighted by molar-refractivity contribution is 6.99. The third-order valence-corrected chi connectivity index (χ3v) is 11.9. The fourth-order valence-corrected chi connectivity index (χ4v) is 9.59. The van der Waals surface area contributed by atoms with Crippen LogP contribution in [0.2, 0.25) is 5.04 Å². The van der Waals surface area contributed by atoms with E-state index in [2.05, 4.69) is 81.4 Å². The number of ether oxygens (including phenoxy) is 2. The van der Waals surface area contributed by atoms with Crippen molar-refractivity contribution in [1.29, 1.82) is 0 Å². The average molecular weight is 532 g/mol. The number of amides is 1. The van der Waals surface area contributed by atoms with Crippen LogP contribution in [0.3, 0.4) is 0 Å². The number of carbonyl (C=O) groups excluding carboxylic acids is 1. The molecule has 1 aliphatic heterocycles. The van der Waals surface area contributed by atoms with Crippen LogP contribution < -0.4 is 10.4 Å². The number of benzene rings is 3. The summed E-state index contributed by atoms with van der Waals surface area (Å²) in [6, 6.07) is 31.2. The maximum absolute atomic E-state index is 12.8. The van der Waals surface area contributed by atoms with Gasteiger partial charge < -0.3 is 13.9 Å². The Morgan fingerprint density at radius 1 is 0.842 bits per heavy atom. The monoisotopic (exact) mass is 531 g/mol. The van der Waals surface area contributed by atoms with E-state index in [4.69, 9.17) is 13.9 Å². The van der Waals surface area contributed by atoms with Crippen LogP contribution in [0.4, 0.5) is 4.79 Å². The van der Waals surface area contributed by atoms with E-state index >= 15 is 0 Å². The Kier molecular flexibility index (Phi) is 8.45. The first-order valence-corrected chi connectivity index (χ1v) is 15.3. The predicted molar refractivity (Wildman–Crippen MR) is 155 cm³/mol. The standard InChI is InChI=1S/C32H41NO4Si/c1-31(2,3)37-30(34)33-22-28(33)29(35-23-25-16-10-7-11-17-25)24-36-38(32(4,5)6,26-18-12-8-13-19-26)27-20-14-9-15-21-27/h7-21,28-29H,22-24H2,1-6H3/t28-,29+,33?/m1/s1. The predicted octanol–water partition coefficient (Wildman–Crippen LogP) is 5.77. The molecular formula is C32H41NO4Si. The summed E-state index contributed by atoms with van der Waals surface area (Å²) in [5, 5.41) is 2.30. The van der Waals surface area contributed by atoms with Crippen LogP contribution in [0.1, 0.15) is 47.1 Å². The van der Waals surface area contributed by atoms with Gasteiger partial charge in [0.15, 0.2) is 0 Å². The molecular weight excluding hydrogens is 490 g/mol. The largest absolute Gasteiger partial charge is 0.444 e. The Balaban J connectivity index is 1.63. The van der Waals surface area contributed by atoms with Crippen LogP contribution in [-0.2, 0) is 20.5 Å². The number of carbonyl (C=O) groups is 1. The number of hydrogen-bond donors (Lipinski definition) is 0. The van der Waals surface area contributed by atoms with Gasteiger partial charge in [0.25, 0.3) is 8.32 Å². The van der Waals surface area contributed by atoms with Gasteiger partial charge in [-0.25, -0.2) is 4.79 Å². The molecule has 0 unspecified atom stereocenters. The van der Waals surface area contributed by atoms with E-state index in [0.29, 0.717) is 19.8 Å². The van der Waals surface area contributed by atoms with Crippen molar-refractivity contribution in [1.82, 2.24) is 4.90 Å². The lowest BCUT2D eigenvalue weighted by molar-refractivity contribution is -0.00582. The van der Waals surface area contributed by atoms with Gasteiger partial charge in [-0.15, -0.1) is 0 Å². The van der Waals surface area contributed by atoms with Gasteiger partial charge in [0, 0.05) is 6.54 Å². The van der Waals surface area contributed by atoms with Gasteiger partial charge in [-0.05, 0) is 41.7 Å². The third kappa shape index (κ3) is 6.55. The Bertz CT molecular complexity index is 1130. The molecule has 1 fully saturated rings. The van der Waals surface area contributed by atoms with E-state index in [9.17, 15) is 4.79 Å². The highest BCUT2D eigenvalue weighted by atomic mass is 28.4. The summed E-state index contributed by atoms with van der Waals surface area (Å²) in [5.41, 5.74) is 0.545. The van der Waals surface area contributed by atoms with Crippen LogP contribution in [-0.4, -0.2) is 50.2 Å². The topological polar surface area (TPSA) is 47.8 Å². The van der Waals surface area contributed by atoms with Gasteiger partial charge in [-0.1, -0.05) is 112 Å². The summed E-state index contributed by atoms with van der Waals surface area (Å²) in [4.78, 5) is 14.6. The van der Waals surface area contributed by atoms with Gasteiger partial charge in [0.1, 0.15) is 11.7 Å². The Morgan fingerprint density at radius 2 is 1.34 bits per heavy atom. The van der Waals surface area contributed by atoms with Crippen molar-refractivity contribution in [2.24, 2.45) is 0 Å². The SMILES string of the molecule is CC(C)(C)OC(=O)N1C[C@@H]1[C@H](CO[Si](c1ccccc1)(c1ccccc1)C(C)(C)C)OCc1ccccc1. The summed E-state index contributed by atoms with van der Waals surface area (Å²) in [6.45, 7) is 13.9. The maximum Gasteiger partial charge on any atom is 0.410 e. The number of nitrogens with zero attached hydrogens (tertiary/aromatic N) is 1. The van der Waals surface area contributed by atoms with Gasteiger partial charge in [-0.2, -0.15) is 0 Å². The molecule has 3 aromatic carbocycles.